The number of benzene rings is 2. The first kappa shape index (κ1) is 19.6. The van der Waals surface area contributed by atoms with Gasteiger partial charge >= 0.3 is 0 Å². The van der Waals surface area contributed by atoms with Gasteiger partial charge in [-0.05, 0) is 37.1 Å². The molecule has 1 aromatic heterocycles. The maximum Gasteiger partial charge on any atom is 0.262 e. The molecule has 0 atom stereocenters. The van der Waals surface area contributed by atoms with Crippen molar-refractivity contribution in [2.45, 2.75) is 55.7 Å². The van der Waals surface area contributed by atoms with Gasteiger partial charge in [0.25, 0.3) is 5.56 Å². The summed E-state index contributed by atoms with van der Waals surface area (Å²) < 4.78 is 26.9. The number of halogens is 1. The minimum absolute atomic E-state index is 0.0147. The van der Waals surface area contributed by atoms with E-state index in [9.17, 15) is 9.18 Å². The maximum absolute atomic E-state index is 14.1. The third kappa shape index (κ3) is 3.72. The molecule has 0 bridgehead atoms. The molecule has 7 heteroatoms. The van der Waals surface area contributed by atoms with E-state index >= 15 is 0 Å². The predicted molar refractivity (Wildman–Crippen MR) is 114 cm³/mol. The van der Waals surface area contributed by atoms with Crippen LogP contribution in [0.15, 0.2) is 46.3 Å². The first-order valence-corrected chi connectivity index (χ1v) is 11.3. The van der Waals surface area contributed by atoms with Crippen LogP contribution in [0.25, 0.3) is 10.9 Å². The zero-order valence-corrected chi connectivity index (χ0v) is 17.4. The van der Waals surface area contributed by atoms with Crippen molar-refractivity contribution in [2.24, 2.45) is 0 Å². The Labute approximate surface area is 178 Å². The van der Waals surface area contributed by atoms with Gasteiger partial charge in [-0.1, -0.05) is 43.2 Å². The lowest BCUT2D eigenvalue weighted by molar-refractivity contribution is -0.0171. The molecule has 1 fully saturated rings. The normalized spacial score (nSPS) is 17.0. The van der Waals surface area contributed by atoms with Crippen LogP contribution in [-0.2, 0) is 17.1 Å². The smallest absolute Gasteiger partial charge is 0.262 e. The standard InChI is InChI=1S/C23H23FN2O3S/c24-17-10-15-12-28-14-29-21(15)16(11-17)13-30-23-25-20-9-5-4-8-19(20)22(27)26(23)18-6-2-1-3-7-18/h4-5,8-11,18H,1-3,6-7,12-14H2. The fourth-order valence-corrected chi connectivity index (χ4v) is 5.43. The molecule has 1 aliphatic heterocycles. The van der Waals surface area contributed by atoms with Gasteiger partial charge in [-0.15, -0.1) is 0 Å². The van der Waals surface area contributed by atoms with E-state index in [4.69, 9.17) is 14.5 Å². The summed E-state index contributed by atoms with van der Waals surface area (Å²) >= 11 is 1.47. The van der Waals surface area contributed by atoms with Crippen LogP contribution in [0.5, 0.6) is 5.75 Å². The first-order valence-electron chi connectivity index (χ1n) is 10.4. The minimum Gasteiger partial charge on any atom is -0.467 e. The van der Waals surface area contributed by atoms with E-state index in [2.05, 4.69) is 0 Å². The summed E-state index contributed by atoms with van der Waals surface area (Å²) in [5, 5.41) is 1.34. The molecule has 0 amide bonds. The van der Waals surface area contributed by atoms with Crippen LogP contribution < -0.4 is 10.3 Å². The summed E-state index contributed by atoms with van der Waals surface area (Å²) in [7, 11) is 0. The fourth-order valence-electron chi connectivity index (χ4n) is 4.39. The summed E-state index contributed by atoms with van der Waals surface area (Å²) in [6.45, 7) is 0.503. The maximum atomic E-state index is 14.1. The summed E-state index contributed by atoms with van der Waals surface area (Å²) in [5.74, 6) is 0.842. The highest BCUT2D eigenvalue weighted by molar-refractivity contribution is 7.98. The average Bonchev–Trinajstić information content (AvgIpc) is 2.78. The summed E-state index contributed by atoms with van der Waals surface area (Å²) in [4.78, 5) is 18.2. The molecule has 3 aromatic rings. The van der Waals surface area contributed by atoms with Gasteiger partial charge in [0, 0.05) is 22.9 Å². The molecule has 0 saturated heterocycles. The lowest BCUT2D eigenvalue weighted by atomic mass is 9.95. The number of hydrogen-bond acceptors (Lipinski definition) is 5. The van der Waals surface area contributed by atoms with Crippen LogP contribution >= 0.6 is 11.8 Å². The van der Waals surface area contributed by atoms with Gasteiger partial charge in [0.1, 0.15) is 11.6 Å². The number of aromatic nitrogens is 2. The molecule has 5 nitrogen and oxygen atoms in total. The highest BCUT2D eigenvalue weighted by Crippen LogP contribution is 2.36. The number of hydrogen-bond donors (Lipinski definition) is 0. The molecular weight excluding hydrogens is 403 g/mol. The van der Waals surface area contributed by atoms with Crippen LogP contribution in [-0.4, -0.2) is 16.3 Å². The average molecular weight is 427 g/mol. The molecule has 1 saturated carbocycles. The van der Waals surface area contributed by atoms with Gasteiger partial charge in [-0.2, -0.15) is 0 Å². The van der Waals surface area contributed by atoms with Crippen molar-refractivity contribution in [3.05, 3.63) is 63.7 Å². The molecule has 2 heterocycles. The summed E-state index contributed by atoms with van der Waals surface area (Å²) in [6.07, 6.45) is 5.44. The topological polar surface area (TPSA) is 53.4 Å². The monoisotopic (exact) mass is 426 g/mol. The lowest BCUT2D eigenvalue weighted by Gasteiger charge is -2.26. The molecule has 2 aromatic carbocycles. The van der Waals surface area contributed by atoms with Crippen molar-refractivity contribution in [1.82, 2.24) is 9.55 Å². The van der Waals surface area contributed by atoms with E-state index in [1.807, 2.05) is 28.8 Å². The number of thioether (sulfide) groups is 1. The third-order valence-electron chi connectivity index (χ3n) is 5.82. The molecular formula is C23H23FN2O3S. The van der Waals surface area contributed by atoms with Gasteiger partial charge < -0.3 is 9.47 Å². The van der Waals surface area contributed by atoms with Crippen molar-refractivity contribution in [1.29, 1.82) is 0 Å². The number of para-hydroxylation sites is 1. The summed E-state index contributed by atoms with van der Waals surface area (Å²) in [6, 6.07) is 10.6. The van der Waals surface area contributed by atoms with Crippen molar-refractivity contribution in [3.8, 4) is 5.75 Å². The van der Waals surface area contributed by atoms with Crippen molar-refractivity contribution in [2.75, 3.05) is 6.79 Å². The van der Waals surface area contributed by atoms with Crippen molar-refractivity contribution in [3.63, 3.8) is 0 Å². The molecule has 0 radical (unpaired) electrons. The molecule has 5 rings (SSSR count). The molecule has 0 spiro atoms. The highest BCUT2D eigenvalue weighted by Gasteiger charge is 2.23. The molecule has 0 N–H and O–H groups in total. The van der Waals surface area contributed by atoms with Gasteiger partial charge in [-0.25, -0.2) is 9.37 Å². The first-order chi connectivity index (χ1) is 14.7. The van der Waals surface area contributed by atoms with E-state index in [0.29, 0.717) is 39.7 Å². The Kier molecular flexibility index (Phi) is 5.48. The van der Waals surface area contributed by atoms with E-state index in [1.54, 1.807) is 0 Å². The van der Waals surface area contributed by atoms with E-state index in [-0.39, 0.29) is 24.2 Å². The van der Waals surface area contributed by atoms with Crippen molar-refractivity contribution < 1.29 is 13.9 Å². The number of fused-ring (bicyclic) bond motifs is 2. The fraction of sp³-hybridized carbons (Fsp3) is 0.391. The Morgan fingerprint density at radius 1 is 1.17 bits per heavy atom. The van der Waals surface area contributed by atoms with Gasteiger partial charge in [0.15, 0.2) is 11.9 Å². The van der Waals surface area contributed by atoms with E-state index < -0.39 is 0 Å². The number of rotatable bonds is 4. The van der Waals surface area contributed by atoms with E-state index in [1.165, 1.54) is 30.3 Å². The molecule has 2 aliphatic rings. The van der Waals surface area contributed by atoms with Crippen LogP contribution in [0.2, 0.25) is 0 Å². The Bertz CT molecular complexity index is 1140. The minimum atomic E-state index is -0.311. The second kappa shape index (κ2) is 8.40. The van der Waals surface area contributed by atoms with Crippen LogP contribution in [0, 0.1) is 5.82 Å². The molecule has 1 aliphatic carbocycles. The van der Waals surface area contributed by atoms with Crippen LogP contribution in [0.1, 0.15) is 49.3 Å². The Morgan fingerprint density at radius 2 is 2.00 bits per heavy atom. The molecule has 0 unspecified atom stereocenters. The number of ether oxygens (including phenoxy) is 2. The largest absolute Gasteiger partial charge is 0.467 e. The number of nitrogens with zero attached hydrogens (tertiary/aromatic N) is 2. The SMILES string of the molecule is O=c1c2ccccc2nc(SCc2cc(F)cc3c2OCOC3)n1C1CCCCC1. The van der Waals surface area contributed by atoms with E-state index in [0.717, 1.165) is 31.2 Å². The van der Waals surface area contributed by atoms with Gasteiger partial charge in [0.2, 0.25) is 0 Å². The molecule has 156 valence electrons. The van der Waals surface area contributed by atoms with Crippen LogP contribution in [0.4, 0.5) is 4.39 Å². The summed E-state index contributed by atoms with van der Waals surface area (Å²) in [5.41, 5.74) is 2.19. The predicted octanol–water partition coefficient (Wildman–Crippen LogP) is 5.20. The lowest BCUT2D eigenvalue weighted by Crippen LogP contribution is -2.29. The van der Waals surface area contributed by atoms with Crippen LogP contribution in [0.3, 0.4) is 0 Å². The highest BCUT2D eigenvalue weighted by atomic mass is 32.2. The Morgan fingerprint density at radius 3 is 2.87 bits per heavy atom. The van der Waals surface area contributed by atoms with Gasteiger partial charge in [0.05, 0.1) is 17.5 Å². The Balaban J connectivity index is 1.54. The third-order valence-corrected chi connectivity index (χ3v) is 6.83. The zero-order valence-electron chi connectivity index (χ0n) is 16.6. The second-order valence-electron chi connectivity index (χ2n) is 7.83. The zero-order chi connectivity index (χ0) is 20.5. The second-order valence-corrected chi connectivity index (χ2v) is 8.77. The van der Waals surface area contributed by atoms with Crippen molar-refractivity contribution >= 4 is 22.7 Å². The van der Waals surface area contributed by atoms with Gasteiger partial charge in [-0.3, -0.25) is 9.36 Å². The molecule has 30 heavy (non-hydrogen) atoms. The Hall–Kier alpha value is -2.38. The quantitative estimate of drug-likeness (QED) is 0.424.